The van der Waals surface area contributed by atoms with Gasteiger partial charge in [0.05, 0.1) is 0 Å². The lowest BCUT2D eigenvalue weighted by Crippen LogP contribution is -2.15. The van der Waals surface area contributed by atoms with Gasteiger partial charge in [-0.15, -0.1) is 0 Å². The van der Waals surface area contributed by atoms with Gasteiger partial charge in [0, 0.05) is 26.3 Å². The fourth-order valence-corrected chi connectivity index (χ4v) is 1.95. The first-order valence-corrected chi connectivity index (χ1v) is 7.06. The van der Waals surface area contributed by atoms with Crippen molar-refractivity contribution >= 4 is 5.69 Å². The van der Waals surface area contributed by atoms with E-state index in [2.05, 4.69) is 62.4 Å². The molecule has 0 atom stereocenters. The molecular formula is C16H28N2. The SMILES string of the molecule is CC(C)CCCCNCc1ccc(N(C)C)cc1. The molecule has 2 nitrogen and oxygen atoms in total. The summed E-state index contributed by atoms with van der Waals surface area (Å²) in [5, 5.41) is 3.51. The van der Waals surface area contributed by atoms with Crippen molar-refractivity contribution in [3.8, 4) is 0 Å². The highest BCUT2D eigenvalue weighted by molar-refractivity contribution is 5.45. The molecule has 0 aliphatic rings. The summed E-state index contributed by atoms with van der Waals surface area (Å²) in [7, 11) is 4.14. The minimum absolute atomic E-state index is 0.837. The fraction of sp³-hybridized carbons (Fsp3) is 0.625. The Labute approximate surface area is 112 Å². The van der Waals surface area contributed by atoms with Crippen molar-refractivity contribution in [2.75, 3.05) is 25.5 Å². The highest BCUT2D eigenvalue weighted by atomic mass is 15.1. The largest absolute Gasteiger partial charge is 0.378 e. The van der Waals surface area contributed by atoms with Gasteiger partial charge >= 0.3 is 0 Å². The first-order chi connectivity index (χ1) is 8.59. The molecule has 0 aromatic heterocycles. The Morgan fingerprint density at radius 1 is 1.06 bits per heavy atom. The number of nitrogens with zero attached hydrogens (tertiary/aromatic N) is 1. The summed E-state index contributed by atoms with van der Waals surface area (Å²) >= 11 is 0. The van der Waals surface area contributed by atoms with E-state index in [0.717, 1.165) is 19.0 Å². The molecule has 0 aliphatic heterocycles. The molecule has 0 bridgehead atoms. The van der Waals surface area contributed by atoms with Crippen LogP contribution in [0.4, 0.5) is 5.69 Å². The summed E-state index contributed by atoms with van der Waals surface area (Å²) in [6.07, 6.45) is 3.97. The molecular weight excluding hydrogens is 220 g/mol. The second kappa shape index (κ2) is 8.15. The summed E-state index contributed by atoms with van der Waals surface area (Å²) in [5.41, 5.74) is 2.63. The van der Waals surface area contributed by atoms with Gasteiger partial charge in [-0.3, -0.25) is 0 Å². The Hall–Kier alpha value is -1.02. The Bertz CT molecular complexity index is 314. The predicted molar refractivity (Wildman–Crippen MR) is 81.2 cm³/mol. The van der Waals surface area contributed by atoms with Crippen LogP contribution in [0.2, 0.25) is 0 Å². The first-order valence-electron chi connectivity index (χ1n) is 7.06. The zero-order valence-corrected chi connectivity index (χ0v) is 12.4. The van der Waals surface area contributed by atoms with Crippen LogP contribution in [0.1, 0.15) is 38.7 Å². The van der Waals surface area contributed by atoms with Gasteiger partial charge in [-0.05, 0) is 36.6 Å². The maximum absolute atomic E-state index is 3.51. The Morgan fingerprint density at radius 2 is 1.72 bits per heavy atom. The highest BCUT2D eigenvalue weighted by Gasteiger charge is 1.97. The summed E-state index contributed by atoms with van der Waals surface area (Å²) in [5.74, 6) is 0.837. The maximum atomic E-state index is 3.51. The van der Waals surface area contributed by atoms with Crippen LogP contribution in [-0.4, -0.2) is 20.6 Å². The monoisotopic (exact) mass is 248 g/mol. The van der Waals surface area contributed by atoms with Gasteiger partial charge in [0.1, 0.15) is 0 Å². The molecule has 1 rings (SSSR count). The van der Waals surface area contributed by atoms with E-state index in [4.69, 9.17) is 0 Å². The fourth-order valence-electron chi connectivity index (χ4n) is 1.95. The maximum Gasteiger partial charge on any atom is 0.0361 e. The molecule has 1 aromatic carbocycles. The number of nitrogens with one attached hydrogen (secondary N) is 1. The molecule has 0 aliphatic carbocycles. The van der Waals surface area contributed by atoms with E-state index in [0.29, 0.717) is 0 Å². The molecule has 2 heteroatoms. The number of benzene rings is 1. The van der Waals surface area contributed by atoms with Crippen LogP contribution >= 0.6 is 0 Å². The van der Waals surface area contributed by atoms with Crippen molar-refractivity contribution in [2.45, 2.75) is 39.7 Å². The molecule has 1 aromatic rings. The van der Waals surface area contributed by atoms with Gasteiger partial charge in [-0.1, -0.05) is 38.8 Å². The quantitative estimate of drug-likeness (QED) is 0.706. The van der Waals surface area contributed by atoms with Gasteiger partial charge in [-0.2, -0.15) is 0 Å². The summed E-state index contributed by atoms with van der Waals surface area (Å²) in [6, 6.07) is 8.76. The third kappa shape index (κ3) is 6.06. The molecule has 0 unspecified atom stereocenters. The zero-order valence-electron chi connectivity index (χ0n) is 12.4. The van der Waals surface area contributed by atoms with Gasteiger partial charge in [0.15, 0.2) is 0 Å². The van der Waals surface area contributed by atoms with E-state index in [1.165, 1.54) is 30.5 Å². The van der Waals surface area contributed by atoms with Crippen LogP contribution < -0.4 is 10.2 Å². The van der Waals surface area contributed by atoms with Crippen molar-refractivity contribution in [3.63, 3.8) is 0 Å². The minimum Gasteiger partial charge on any atom is -0.378 e. The Kier molecular flexibility index (Phi) is 6.81. The van der Waals surface area contributed by atoms with Crippen LogP contribution in [0.5, 0.6) is 0 Å². The molecule has 0 spiro atoms. The second-order valence-corrected chi connectivity index (χ2v) is 5.63. The summed E-state index contributed by atoms with van der Waals surface area (Å²) in [6.45, 7) is 6.69. The van der Waals surface area contributed by atoms with Gasteiger partial charge < -0.3 is 10.2 Å². The van der Waals surface area contributed by atoms with E-state index >= 15 is 0 Å². The lowest BCUT2D eigenvalue weighted by atomic mass is 10.1. The standard InChI is InChI=1S/C16H28N2/c1-14(2)7-5-6-12-17-13-15-8-10-16(11-9-15)18(3)4/h8-11,14,17H,5-7,12-13H2,1-4H3. The molecule has 0 fully saturated rings. The van der Waals surface area contributed by atoms with E-state index < -0.39 is 0 Å². The van der Waals surface area contributed by atoms with Crippen LogP contribution in [-0.2, 0) is 6.54 Å². The predicted octanol–water partition coefficient (Wildman–Crippen LogP) is 3.67. The van der Waals surface area contributed by atoms with Crippen molar-refractivity contribution in [1.82, 2.24) is 5.32 Å². The van der Waals surface area contributed by atoms with E-state index in [1.807, 2.05) is 0 Å². The lowest BCUT2D eigenvalue weighted by Gasteiger charge is -2.13. The number of rotatable bonds is 8. The smallest absolute Gasteiger partial charge is 0.0361 e. The minimum atomic E-state index is 0.837. The average molecular weight is 248 g/mol. The molecule has 102 valence electrons. The second-order valence-electron chi connectivity index (χ2n) is 5.63. The Balaban J connectivity index is 2.15. The van der Waals surface area contributed by atoms with Crippen molar-refractivity contribution in [1.29, 1.82) is 0 Å². The van der Waals surface area contributed by atoms with E-state index in [9.17, 15) is 0 Å². The summed E-state index contributed by atoms with van der Waals surface area (Å²) < 4.78 is 0. The lowest BCUT2D eigenvalue weighted by molar-refractivity contribution is 0.520. The molecule has 0 saturated carbocycles. The van der Waals surface area contributed by atoms with Crippen molar-refractivity contribution < 1.29 is 0 Å². The van der Waals surface area contributed by atoms with Gasteiger partial charge in [0.2, 0.25) is 0 Å². The molecule has 0 amide bonds. The molecule has 18 heavy (non-hydrogen) atoms. The number of hydrogen-bond donors (Lipinski definition) is 1. The number of unbranched alkanes of at least 4 members (excludes halogenated alkanes) is 1. The highest BCUT2D eigenvalue weighted by Crippen LogP contribution is 2.12. The van der Waals surface area contributed by atoms with Crippen molar-refractivity contribution in [2.24, 2.45) is 5.92 Å². The van der Waals surface area contributed by atoms with E-state index in [1.54, 1.807) is 0 Å². The first kappa shape index (κ1) is 15.0. The average Bonchev–Trinajstić information content (AvgIpc) is 2.34. The molecule has 0 heterocycles. The van der Waals surface area contributed by atoms with Gasteiger partial charge in [0.25, 0.3) is 0 Å². The molecule has 1 N–H and O–H groups in total. The van der Waals surface area contributed by atoms with Crippen LogP contribution in [0.25, 0.3) is 0 Å². The number of hydrogen-bond acceptors (Lipinski definition) is 2. The third-order valence-electron chi connectivity index (χ3n) is 3.17. The third-order valence-corrected chi connectivity index (χ3v) is 3.17. The molecule has 0 saturated heterocycles. The normalized spacial score (nSPS) is 10.9. The molecule has 0 radical (unpaired) electrons. The van der Waals surface area contributed by atoms with Gasteiger partial charge in [-0.25, -0.2) is 0 Å². The van der Waals surface area contributed by atoms with Crippen LogP contribution in [0.3, 0.4) is 0 Å². The number of anilines is 1. The summed E-state index contributed by atoms with van der Waals surface area (Å²) in [4.78, 5) is 2.13. The zero-order chi connectivity index (χ0) is 13.4. The van der Waals surface area contributed by atoms with Crippen molar-refractivity contribution in [3.05, 3.63) is 29.8 Å². The topological polar surface area (TPSA) is 15.3 Å². The van der Waals surface area contributed by atoms with E-state index in [-0.39, 0.29) is 0 Å². The van der Waals surface area contributed by atoms with Crippen LogP contribution in [0.15, 0.2) is 24.3 Å². The van der Waals surface area contributed by atoms with Crippen LogP contribution in [0, 0.1) is 5.92 Å². The Morgan fingerprint density at radius 3 is 2.28 bits per heavy atom.